The number of hydrogen-bond acceptors (Lipinski definition) is 6. The normalized spacial score (nSPS) is 15.2. The Hall–Kier alpha value is -2.91. The molecule has 36 heavy (non-hydrogen) atoms. The van der Waals surface area contributed by atoms with Crippen LogP contribution in [-0.4, -0.2) is 60.4 Å². The summed E-state index contributed by atoms with van der Waals surface area (Å²) < 4.78 is 6.83. The number of piperazine rings is 1. The molecular formula is C27H27BrClN3O4. The zero-order valence-corrected chi connectivity index (χ0v) is 21.9. The number of hydrogen-bond donors (Lipinski definition) is 1. The van der Waals surface area contributed by atoms with E-state index in [9.17, 15) is 15.2 Å². The number of rotatable bonds is 9. The Kier molecular flexibility index (Phi) is 8.98. The molecule has 1 unspecified atom stereocenters. The van der Waals surface area contributed by atoms with Gasteiger partial charge >= 0.3 is 0 Å². The van der Waals surface area contributed by atoms with Crippen LogP contribution in [0.25, 0.3) is 12.2 Å². The first-order valence-corrected chi connectivity index (χ1v) is 12.8. The lowest BCUT2D eigenvalue weighted by Gasteiger charge is -2.36. The molecule has 1 atom stereocenters. The molecule has 188 valence electrons. The first kappa shape index (κ1) is 26.2. The second-order valence-corrected chi connectivity index (χ2v) is 9.86. The maximum absolute atomic E-state index is 11.3. The van der Waals surface area contributed by atoms with Crippen molar-refractivity contribution in [3.05, 3.63) is 97.5 Å². The quantitative estimate of drug-likeness (QED) is 0.200. The van der Waals surface area contributed by atoms with E-state index in [1.54, 1.807) is 12.1 Å². The molecule has 1 heterocycles. The summed E-state index contributed by atoms with van der Waals surface area (Å²) in [6, 6.07) is 20.0. The third-order valence-corrected chi connectivity index (χ3v) is 6.95. The summed E-state index contributed by atoms with van der Waals surface area (Å²) in [6.45, 7) is 3.91. The minimum absolute atomic E-state index is 0.0211. The summed E-state index contributed by atoms with van der Waals surface area (Å²) in [5, 5.41) is 22.6. The van der Waals surface area contributed by atoms with E-state index in [2.05, 4.69) is 31.8 Å². The van der Waals surface area contributed by atoms with Crippen molar-refractivity contribution in [2.75, 3.05) is 44.2 Å². The molecule has 9 heteroatoms. The fourth-order valence-corrected chi connectivity index (χ4v) is 4.70. The fraction of sp³-hybridized carbons (Fsp3) is 0.259. The van der Waals surface area contributed by atoms with Gasteiger partial charge in [-0.1, -0.05) is 63.9 Å². The summed E-state index contributed by atoms with van der Waals surface area (Å²) in [5.41, 5.74) is 2.59. The van der Waals surface area contributed by atoms with Crippen LogP contribution < -0.4 is 9.64 Å². The molecule has 0 aromatic heterocycles. The minimum Gasteiger partial charge on any atom is -0.490 e. The van der Waals surface area contributed by atoms with Gasteiger partial charge in [0.15, 0.2) is 0 Å². The Morgan fingerprint density at radius 2 is 1.78 bits per heavy atom. The molecule has 4 rings (SSSR count). The Bertz CT molecular complexity index is 1230. The molecule has 7 nitrogen and oxygen atoms in total. The smallest absolute Gasteiger partial charge is 0.270 e. The number of β-amino-alcohol motifs (C(OH)–C–C–N with tert-alkyl or cyclic N) is 1. The predicted octanol–water partition coefficient (Wildman–Crippen LogP) is 5.74. The van der Waals surface area contributed by atoms with Crippen LogP contribution in [0.3, 0.4) is 0 Å². The molecule has 0 bridgehead atoms. The third kappa shape index (κ3) is 7.07. The standard InChI is InChI=1S/C27H27BrClN3O4/c28-26-7-2-1-4-20(26)8-9-21-16-24(32(34)35)10-11-27(21)36-19-25(33)18-30-12-14-31(15-13-30)23-6-3-5-22(29)17-23/h1-11,16-17,25,33H,12-15,18-19H2. The van der Waals surface area contributed by atoms with Crippen LogP contribution in [0, 0.1) is 10.1 Å². The van der Waals surface area contributed by atoms with E-state index in [1.165, 1.54) is 12.1 Å². The maximum Gasteiger partial charge on any atom is 0.270 e. The monoisotopic (exact) mass is 571 g/mol. The SMILES string of the molecule is O=[N+]([O-])c1ccc(OCC(O)CN2CCN(c3cccc(Cl)c3)CC2)c(C=Cc2ccccc2Br)c1. The molecule has 0 aliphatic carbocycles. The number of halogens is 2. The highest BCUT2D eigenvalue weighted by atomic mass is 79.9. The van der Waals surface area contributed by atoms with Gasteiger partial charge in [-0.2, -0.15) is 0 Å². The summed E-state index contributed by atoms with van der Waals surface area (Å²) in [6.07, 6.45) is 2.95. The van der Waals surface area contributed by atoms with Crippen LogP contribution in [0.4, 0.5) is 11.4 Å². The van der Waals surface area contributed by atoms with E-state index in [4.69, 9.17) is 16.3 Å². The van der Waals surface area contributed by atoms with Gasteiger partial charge in [0.1, 0.15) is 18.5 Å². The van der Waals surface area contributed by atoms with Gasteiger partial charge < -0.3 is 14.7 Å². The number of nitro benzene ring substituents is 1. The molecule has 1 aliphatic heterocycles. The molecule has 0 radical (unpaired) electrons. The number of nitro groups is 1. The maximum atomic E-state index is 11.3. The molecule has 3 aromatic rings. The first-order valence-electron chi connectivity index (χ1n) is 11.6. The zero-order chi connectivity index (χ0) is 25.5. The highest BCUT2D eigenvalue weighted by molar-refractivity contribution is 9.10. The molecule has 0 amide bonds. The number of nitrogens with zero attached hydrogens (tertiary/aromatic N) is 3. The van der Waals surface area contributed by atoms with E-state index in [1.807, 2.05) is 48.5 Å². The summed E-state index contributed by atoms with van der Waals surface area (Å²) in [5.74, 6) is 0.480. The Labute approximate surface area is 223 Å². The second-order valence-electron chi connectivity index (χ2n) is 8.57. The lowest BCUT2D eigenvalue weighted by atomic mass is 10.1. The summed E-state index contributed by atoms with van der Waals surface area (Å²) in [4.78, 5) is 15.3. The van der Waals surface area contributed by atoms with E-state index in [0.29, 0.717) is 17.9 Å². The van der Waals surface area contributed by atoms with E-state index >= 15 is 0 Å². The van der Waals surface area contributed by atoms with Crippen LogP contribution in [0.2, 0.25) is 5.02 Å². The highest BCUT2D eigenvalue weighted by Crippen LogP contribution is 2.28. The van der Waals surface area contributed by atoms with Gasteiger partial charge in [0.2, 0.25) is 0 Å². The first-order chi connectivity index (χ1) is 17.4. The van der Waals surface area contributed by atoms with Gasteiger partial charge in [0.25, 0.3) is 5.69 Å². The minimum atomic E-state index is -0.696. The van der Waals surface area contributed by atoms with Crippen LogP contribution in [-0.2, 0) is 0 Å². The van der Waals surface area contributed by atoms with Crippen molar-refractivity contribution in [2.45, 2.75) is 6.10 Å². The van der Waals surface area contributed by atoms with Crippen molar-refractivity contribution in [2.24, 2.45) is 0 Å². The van der Waals surface area contributed by atoms with Crippen molar-refractivity contribution in [1.29, 1.82) is 0 Å². The van der Waals surface area contributed by atoms with Crippen molar-refractivity contribution in [3.63, 3.8) is 0 Å². The summed E-state index contributed by atoms with van der Waals surface area (Å²) in [7, 11) is 0. The van der Waals surface area contributed by atoms with Crippen LogP contribution in [0.5, 0.6) is 5.75 Å². The van der Waals surface area contributed by atoms with E-state index in [-0.39, 0.29) is 12.3 Å². The van der Waals surface area contributed by atoms with Gasteiger partial charge in [-0.25, -0.2) is 0 Å². The predicted molar refractivity (Wildman–Crippen MR) is 148 cm³/mol. The topological polar surface area (TPSA) is 79.1 Å². The molecule has 1 fully saturated rings. The Morgan fingerprint density at radius 1 is 1.03 bits per heavy atom. The number of benzene rings is 3. The molecule has 1 saturated heterocycles. The third-order valence-electron chi connectivity index (χ3n) is 6.00. The molecule has 0 spiro atoms. The van der Waals surface area contributed by atoms with Crippen molar-refractivity contribution in [1.82, 2.24) is 4.90 Å². The number of anilines is 1. The average molecular weight is 573 g/mol. The van der Waals surface area contributed by atoms with Crippen molar-refractivity contribution < 1.29 is 14.8 Å². The zero-order valence-electron chi connectivity index (χ0n) is 19.6. The second kappa shape index (κ2) is 12.4. The fourth-order valence-electron chi connectivity index (χ4n) is 4.10. The van der Waals surface area contributed by atoms with Crippen LogP contribution in [0.1, 0.15) is 11.1 Å². The Morgan fingerprint density at radius 3 is 2.50 bits per heavy atom. The average Bonchev–Trinajstić information content (AvgIpc) is 2.87. The van der Waals surface area contributed by atoms with Gasteiger partial charge in [-0.05, 0) is 35.9 Å². The molecule has 0 saturated carbocycles. The molecule has 3 aromatic carbocycles. The van der Waals surface area contributed by atoms with Crippen molar-refractivity contribution >= 4 is 51.1 Å². The highest BCUT2D eigenvalue weighted by Gasteiger charge is 2.20. The van der Waals surface area contributed by atoms with Gasteiger partial charge in [0, 0.05) is 65.6 Å². The van der Waals surface area contributed by atoms with Gasteiger partial charge in [-0.3, -0.25) is 15.0 Å². The van der Waals surface area contributed by atoms with E-state index in [0.717, 1.165) is 46.9 Å². The summed E-state index contributed by atoms with van der Waals surface area (Å²) >= 11 is 9.62. The van der Waals surface area contributed by atoms with Crippen LogP contribution in [0.15, 0.2) is 71.2 Å². The van der Waals surface area contributed by atoms with Gasteiger partial charge in [0.05, 0.1) is 4.92 Å². The van der Waals surface area contributed by atoms with Gasteiger partial charge in [-0.15, -0.1) is 0 Å². The van der Waals surface area contributed by atoms with Crippen molar-refractivity contribution in [3.8, 4) is 5.75 Å². The van der Waals surface area contributed by atoms with E-state index < -0.39 is 11.0 Å². The lowest BCUT2D eigenvalue weighted by Crippen LogP contribution is -2.49. The number of aliphatic hydroxyl groups is 1. The molecule has 1 aliphatic rings. The molecule has 1 N–H and O–H groups in total. The molecular weight excluding hydrogens is 546 g/mol. The van der Waals surface area contributed by atoms with Crippen LogP contribution >= 0.6 is 27.5 Å². The number of aliphatic hydroxyl groups excluding tert-OH is 1. The number of non-ortho nitro benzene ring substituents is 1. The Balaban J connectivity index is 1.35. The number of ether oxygens (including phenoxy) is 1. The largest absolute Gasteiger partial charge is 0.490 e. The lowest BCUT2D eigenvalue weighted by molar-refractivity contribution is -0.384.